The van der Waals surface area contributed by atoms with Crippen LogP contribution >= 0.6 is 11.8 Å². The highest BCUT2D eigenvalue weighted by Crippen LogP contribution is 2.29. The molecule has 1 atom stereocenters. The number of piperidine rings is 1. The Kier molecular flexibility index (Phi) is 6.47. The normalized spacial score (nSPS) is 15.9. The van der Waals surface area contributed by atoms with Crippen molar-refractivity contribution >= 4 is 17.7 Å². The molecule has 1 aliphatic rings. The van der Waals surface area contributed by atoms with Crippen LogP contribution in [0.25, 0.3) is 11.4 Å². The summed E-state index contributed by atoms with van der Waals surface area (Å²) in [7, 11) is 0. The Bertz CT molecular complexity index is 968. The first-order valence-corrected chi connectivity index (χ1v) is 11.3. The van der Waals surface area contributed by atoms with Crippen LogP contribution in [0.5, 0.6) is 0 Å². The number of hydrogen-bond acceptors (Lipinski definition) is 5. The molecule has 7 heteroatoms. The molecule has 6 nitrogen and oxygen atoms in total. The third kappa shape index (κ3) is 4.73. The lowest BCUT2D eigenvalue weighted by Crippen LogP contribution is -2.41. The number of likely N-dealkylation sites (tertiary alicyclic amines) is 1. The number of benzene rings is 1. The molecule has 0 radical (unpaired) electrons. The number of pyridine rings is 1. The molecule has 0 N–H and O–H groups in total. The zero-order valence-electron chi connectivity index (χ0n) is 17.4. The number of amides is 1. The fraction of sp³-hybridized carbons (Fsp3) is 0.391. The fourth-order valence-electron chi connectivity index (χ4n) is 3.69. The van der Waals surface area contributed by atoms with Crippen molar-refractivity contribution in [2.75, 3.05) is 13.1 Å². The largest absolute Gasteiger partial charge is 0.342 e. The maximum absolute atomic E-state index is 13.0. The number of carbonyl (C=O) groups excluding carboxylic acids is 1. The minimum atomic E-state index is -0.209. The zero-order chi connectivity index (χ0) is 20.9. The lowest BCUT2D eigenvalue weighted by atomic mass is 9.99. The molecule has 1 aliphatic heterocycles. The van der Waals surface area contributed by atoms with Crippen LogP contribution in [0.4, 0.5) is 0 Å². The van der Waals surface area contributed by atoms with E-state index in [1.807, 2.05) is 42.2 Å². The summed E-state index contributed by atoms with van der Waals surface area (Å²) in [5.74, 6) is 1.65. The topological polar surface area (TPSA) is 63.9 Å². The van der Waals surface area contributed by atoms with E-state index >= 15 is 0 Å². The number of aromatic nitrogens is 4. The van der Waals surface area contributed by atoms with Gasteiger partial charge in [-0.2, -0.15) is 0 Å². The highest BCUT2D eigenvalue weighted by molar-refractivity contribution is 8.00. The average Bonchev–Trinajstić information content (AvgIpc) is 3.17. The Morgan fingerprint density at radius 3 is 2.60 bits per heavy atom. The maximum Gasteiger partial charge on any atom is 0.235 e. The Balaban J connectivity index is 1.58. The summed E-state index contributed by atoms with van der Waals surface area (Å²) in [5.41, 5.74) is 2.07. The van der Waals surface area contributed by atoms with Crippen molar-refractivity contribution in [3.63, 3.8) is 0 Å². The van der Waals surface area contributed by atoms with Crippen molar-refractivity contribution in [2.45, 2.75) is 43.6 Å². The minimum Gasteiger partial charge on any atom is -0.342 e. The van der Waals surface area contributed by atoms with Gasteiger partial charge in [-0.05, 0) is 43.4 Å². The first-order chi connectivity index (χ1) is 14.6. The number of hydrogen-bond donors (Lipinski definition) is 0. The Morgan fingerprint density at radius 1 is 1.13 bits per heavy atom. The van der Waals surface area contributed by atoms with Crippen LogP contribution in [0.2, 0.25) is 0 Å². The van der Waals surface area contributed by atoms with E-state index in [4.69, 9.17) is 0 Å². The van der Waals surface area contributed by atoms with E-state index < -0.39 is 0 Å². The maximum atomic E-state index is 13.0. The van der Waals surface area contributed by atoms with Crippen LogP contribution in [-0.4, -0.2) is 48.9 Å². The van der Waals surface area contributed by atoms with E-state index in [1.165, 1.54) is 11.8 Å². The summed E-state index contributed by atoms with van der Waals surface area (Å²) < 4.78 is 2.08. The summed E-state index contributed by atoms with van der Waals surface area (Å²) in [6.07, 6.45) is 5.71. The summed E-state index contributed by atoms with van der Waals surface area (Å²) in [6.45, 7) is 6.57. The quantitative estimate of drug-likeness (QED) is 0.560. The molecule has 0 bridgehead atoms. The van der Waals surface area contributed by atoms with Gasteiger partial charge in [0.15, 0.2) is 11.0 Å². The van der Waals surface area contributed by atoms with Crippen LogP contribution in [0.15, 0.2) is 60.0 Å². The molecule has 1 aromatic carbocycles. The summed E-state index contributed by atoms with van der Waals surface area (Å²) >= 11 is 1.49. The third-order valence-corrected chi connectivity index (χ3v) is 6.61. The second-order valence-corrected chi connectivity index (χ2v) is 9.20. The molecule has 1 saturated heterocycles. The molecule has 1 fully saturated rings. The molecule has 0 unspecified atom stereocenters. The molecule has 2 aromatic heterocycles. The lowest BCUT2D eigenvalue weighted by Gasteiger charge is -2.32. The van der Waals surface area contributed by atoms with Gasteiger partial charge in [-0.15, -0.1) is 10.2 Å². The van der Waals surface area contributed by atoms with Gasteiger partial charge in [0, 0.05) is 31.0 Å². The van der Waals surface area contributed by atoms with E-state index in [0.717, 1.165) is 48.0 Å². The van der Waals surface area contributed by atoms with E-state index in [0.29, 0.717) is 12.5 Å². The molecule has 3 heterocycles. The second-order valence-electron chi connectivity index (χ2n) is 7.89. The summed E-state index contributed by atoms with van der Waals surface area (Å²) in [4.78, 5) is 19.2. The van der Waals surface area contributed by atoms with Gasteiger partial charge in [0.2, 0.25) is 5.91 Å². The van der Waals surface area contributed by atoms with Gasteiger partial charge in [-0.3, -0.25) is 14.3 Å². The van der Waals surface area contributed by atoms with E-state index in [9.17, 15) is 4.79 Å². The SMILES string of the molecule is CC1CCN(C(=O)[C@H](C)Sc2nnc(-c3cccnc3)n2Cc2ccccc2)CC1. The van der Waals surface area contributed by atoms with Crippen molar-refractivity contribution in [1.82, 2.24) is 24.6 Å². The van der Waals surface area contributed by atoms with Gasteiger partial charge in [0.05, 0.1) is 11.8 Å². The molecule has 30 heavy (non-hydrogen) atoms. The van der Waals surface area contributed by atoms with Crippen molar-refractivity contribution in [1.29, 1.82) is 0 Å². The minimum absolute atomic E-state index is 0.184. The van der Waals surface area contributed by atoms with Crippen LogP contribution in [0, 0.1) is 5.92 Å². The van der Waals surface area contributed by atoms with Gasteiger partial charge in [-0.1, -0.05) is 49.0 Å². The Morgan fingerprint density at radius 2 is 1.90 bits per heavy atom. The molecule has 3 aromatic rings. The van der Waals surface area contributed by atoms with Gasteiger partial charge in [0.1, 0.15) is 0 Å². The lowest BCUT2D eigenvalue weighted by molar-refractivity contribution is -0.131. The molecule has 4 rings (SSSR count). The van der Waals surface area contributed by atoms with Crippen molar-refractivity contribution in [3.8, 4) is 11.4 Å². The molecule has 1 amide bonds. The van der Waals surface area contributed by atoms with Crippen molar-refractivity contribution in [2.24, 2.45) is 5.92 Å². The zero-order valence-corrected chi connectivity index (χ0v) is 18.3. The number of carbonyl (C=O) groups is 1. The molecule has 0 aliphatic carbocycles. The van der Waals surface area contributed by atoms with Crippen LogP contribution < -0.4 is 0 Å². The van der Waals surface area contributed by atoms with Crippen LogP contribution in [0.1, 0.15) is 32.3 Å². The summed E-state index contributed by atoms with van der Waals surface area (Å²) in [5, 5.41) is 9.43. The monoisotopic (exact) mass is 421 g/mol. The smallest absolute Gasteiger partial charge is 0.235 e. The van der Waals surface area contributed by atoms with Crippen LogP contribution in [0.3, 0.4) is 0 Å². The van der Waals surface area contributed by atoms with E-state index in [1.54, 1.807) is 12.4 Å². The van der Waals surface area contributed by atoms with E-state index in [-0.39, 0.29) is 11.2 Å². The Hall–Kier alpha value is -2.67. The first-order valence-electron chi connectivity index (χ1n) is 10.4. The van der Waals surface area contributed by atoms with Crippen molar-refractivity contribution < 1.29 is 4.79 Å². The predicted octanol–water partition coefficient (Wildman–Crippen LogP) is 4.13. The van der Waals surface area contributed by atoms with Gasteiger partial charge in [-0.25, -0.2) is 0 Å². The first kappa shape index (κ1) is 20.6. The van der Waals surface area contributed by atoms with Gasteiger partial charge < -0.3 is 4.90 Å². The highest BCUT2D eigenvalue weighted by atomic mass is 32.2. The van der Waals surface area contributed by atoms with Gasteiger partial charge in [0.25, 0.3) is 0 Å². The molecule has 0 spiro atoms. The number of rotatable bonds is 6. The third-order valence-electron chi connectivity index (χ3n) is 5.55. The predicted molar refractivity (Wildman–Crippen MR) is 119 cm³/mol. The summed E-state index contributed by atoms with van der Waals surface area (Å²) in [6, 6.07) is 14.1. The van der Waals surface area contributed by atoms with Crippen LogP contribution in [-0.2, 0) is 11.3 Å². The fourth-order valence-corrected chi connectivity index (χ4v) is 4.62. The molecule has 0 saturated carbocycles. The molecular weight excluding hydrogens is 394 g/mol. The molecule has 156 valence electrons. The molecular formula is C23H27N5OS. The highest BCUT2D eigenvalue weighted by Gasteiger charge is 2.27. The van der Waals surface area contributed by atoms with Gasteiger partial charge >= 0.3 is 0 Å². The second kappa shape index (κ2) is 9.43. The van der Waals surface area contributed by atoms with E-state index in [2.05, 4.69) is 38.8 Å². The average molecular weight is 422 g/mol. The number of nitrogens with zero attached hydrogens (tertiary/aromatic N) is 5. The number of thioether (sulfide) groups is 1. The standard InChI is InChI=1S/C23H27N5OS/c1-17-10-13-27(14-11-17)22(29)18(2)30-23-26-25-21(20-9-6-12-24-15-20)28(23)16-19-7-4-3-5-8-19/h3-9,12,15,17-18H,10-11,13-14,16H2,1-2H3/t18-/m0/s1. The Labute approximate surface area is 181 Å². The van der Waals surface area contributed by atoms with Crippen molar-refractivity contribution in [3.05, 3.63) is 60.4 Å².